The molecule has 1 aromatic heterocycles. The number of benzene rings is 2. The molecule has 4 rings (SSSR count). The molecule has 0 N–H and O–H groups in total. The molecule has 2 aromatic carbocycles. The fourth-order valence-corrected chi connectivity index (χ4v) is 3.64. The molecular weight excluding hydrogens is 430 g/mol. The lowest BCUT2D eigenvalue weighted by molar-refractivity contribution is -0.136. The van der Waals surface area contributed by atoms with Crippen LogP contribution < -0.4 is 4.74 Å². The maximum absolute atomic E-state index is 13.0. The normalized spacial score (nSPS) is 15.2. The number of rotatable bonds is 6. The average Bonchev–Trinajstić information content (AvgIpc) is 3.29. The van der Waals surface area contributed by atoms with E-state index in [0.29, 0.717) is 6.42 Å². The lowest BCUT2D eigenvalue weighted by atomic mass is 9.98. The van der Waals surface area contributed by atoms with Gasteiger partial charge in [0, 0.05) is 12.6 Å². The van der Waals surface area contributed by atoms with Crippen LogP contribution in [0.2, 0.25) is 5.15 Å². The summed E-state index contributed by atoms with van der Waals surface area (Å²) < 4.78 is 10.4. The number of nitrogens with zero attached hydrogens (tertiary/aromatic N) is 3. The Kier molecular flexibility index (Phi) is 6.47. The van der Waals surface area contributed by atoms with Gasteiger partial charge < -0.3 is 9.47 Å². The molecule has 0 bridgehead atoms. The van der Waals surface area contributed by atoms with Gasteiger partial charge in [-0.3, -0.25) is 4.79 Å². The van der Waals surface area contributed by atoms with Crippen LogP contribution in [-0.2, 0) is 9.53 Å². The molecule has 0 aliphatic carbocycles. The van der Waals surface area contributed by atoms with Crippen LogP contribution in [0.4, 0.5) is 0 Å². The summed E-state index contributed by atoms with van der Waals surface area (Å²) in [6.45, 7) is -0.470. The van der Waals surface area contributed by atoms with E-state index in [1.165, 1.54) is 17.3 Å². The molecule has 2 heterocycles. The molecule has 1 aliphatic heterocycles. The zero-order chi connectivity index (χ0) is 22.5. The van der Waals surface area contributed by atoms with Gasteiger partial charge in [0.25, 0.3) is 5.91 Å². The maximum atomic E-state index is 13.0. The number of methoxy groups -OCH3 is 1. The van der Waals surface area contributed by atoms with Gasteiger partial charge in [0.15, 0.2) is 6.61 Å². The second-order valence-electron chi connectivity index (χ2n) is 7.06. The average molecular weight is 450 g/mol. The lowest BCUT2D eigenvalue weighted by Crippen LogP contribution is -2.31. The van der Waals surface area contributed by atoms with Gasteiger partial charge in [-0.05, 0) is 35.4 Å². The van der Waals surface area contributed by atoms with Crippen LogP contribution in [0, 0.1) is 0 Å². The molecule has 162 valence electrons. The smallest absolute Gasteiger partial charge is 0.341 e. The monoisotopic (exact) mass is 449 g/mol. The first kappa shape index (κ1) is 21.5. The van der Waals surface area contributed by atoms with Crippen LogP contribution in [0.1, 0.15) is 33.9 Å². The summed E-state index contributed by atoms with van der Waals surface area (Å²) in [7, 11) is 1.60. The Hall–Kier alpha value is -3.71. The van der Waals surface area contributed by atoms with E-state index in [1.807, 2.05) is 54.6 Å². The first-order valence-electron chi connectivity index (χ1n) is 9.93. The number of esters is 1. The number of pyridine rings is 1. The fraction of sp³-hybridized carbons (Fsp3) is 0.167. The molecule has 7 nitrogen and oxygen atoms in total. The molecule has 3 aromatic rings. The van der Waals surface area contributed by atoms with E-state index in [2.05, 4.69) is 10.1 Å². The molecule has 0 radical (unpaired) electrons. The third-order valence-electron chi connectivity index (χ3n) is 5.08. The second-order valence-corrected chi connectivity index (χ2v) is 7.42. The van der Waals surface area contributed by atoms with Gasteiger partial charge in [0.05, 0.1) is 24.4 Å². The number of ether oxygens (including phenoxy) is 2. The highest BCUT2D eigenvalue weighted by atomic mass is 35.5. The molecule has 1 aliphatic rings. The highest BCUT2D eigenvalue weighted by Gasteiger charge is 2.33. The van der Waals surface area contributed by atoms with Gasteiger partial charge in [-0.15, -0.1) is 0 Å². The Morgan fingerprint density at radius 2 is 1.81 bits per heavy atom. The quantitative estimate of drug-likeness (QED) is 0.414. The van der Waals surface area contributed by atoms with Gasteiger partial charge in [-0.1, -0.05) is 54.1 Å². The third-order valence-corrected chi connectivity index (χ3v) is 5.38. The minimum absolute atomic E-state index is 0.0200. The summed E-state index contributed by atoms with van der Waals surface area (Å²) in [5.74, 6) is -0.440. The summed E-state index contributed by atoms with van der Waals surface area (Å²) in [4.78, 5) is 29.2. The zero-order valence-corrected chi connectivity index (χ0v) is 18.0. The zero-order valence-electron chi connectivity index (χ0n) is 17.3. The highest BCUT2D eigenvalue weighted by Crippen LogP contribution is 2.33. The second kappa shape index (κ2) is 9.62. The van der Waals surface area contributed by atoms with Crippen molar-refractivity contribution in [2.45, 2.75) is 12.5 Å². The SMILES string of the molecule is COc1ccc([C@@H]2CC(c3ccccc3)=NN2C(=O)COC(=O)c2cccnc2Cl)cc1. The summed E-state index contributed by atoms with van der Waals surface area (Å²) in [5.41, 5.74) is 2.71. The number of carbonyl (C=O) groups is 2. The maximum Gasteiger partial charge on any atom is 0.341 e. The van der Waals surface area contributed by atoms with Crippen molar-refractivity contribution in [3.63, 3.8) is 0 Å². The lowest BCUT2D eigenvalue weighted by Gasteiger charge is -2.22. The van der Waals surface area contributed by atoms with E-state index in [1.54, 1.807) is 13.2 Å². The molecule has 32 heavy (non-hydrogen) atoms. The Labute approximate surface area is 190 Å². The molecular formula is C24H20ClN3O4. The fourth-order valence-electron chi connectivity index (χ4n) is 3.44. The highest BCUT2D eigenvalue weighted by molar-refractivity contribution is 6.32. The van der Waals surface area contributed by atoms with Gasteiger partial charge >= 0.3 is 5.97 Å². The van der Waals surface area contributed by atoms with Crippen molar-refractivity contribution in [3.05, 3.63) is 94.8 Å². The summed E-state index contributed by atoms with van der Waals surface area (Å²) in [6.07, 6.45) is 2.00. The van der Waals surface area contributed by atoms with Crippen LogP contribution in [0.3, 0.4) is 0 Å². The molecule has 0 fully saturated rings. The molecule has 1 amide bonds. The summed E-state index contributed by atoms with van der Waals surface area (Å²) in [6, 6.07) is 19.9. The van der Waals surface area contributed by atoms with Gasteiger partial charge in [0.2, 0.25) is 0 Å². The number of carbonyl (C=O) groups excluding carboxylic acids is 2. The molecule has 0 saturated carbocycles. The van der Waals surface area contributed by atoms with Crippen molar-refractivity contribution < 1.29 is 19.1 Å². The predicted molar refractivity (Wildman–Crippen MR) is 120 cm³/mol. The number of hydrogen-bond acceptors (Lipinski definition) is 6. The van der Waals surface area contributed by atoms with Crippen LogP contribution in [0.5, 0.6) is 5.75 Å². The van der Waals surface area contributed by atoms with Gasteiger partial charge in [-0.25, -0.2) is 14.8 Å². The Bertz CT molecular complexity index is 1150. The van der Waals surface area contributed by atoms with Crippen molar-refractivity contribution >= 4 is 29.2 Å². The summed E-state index contributed by atoms with van der Waals surface area (Å²) in [5, 5.41) is 5.96. The third kappa shape index (κ3) is 4.63. The minimum atomic E-state index is -0.719. The van der Waals surface area contributed by atoms with E-state index in [4.69, 9.17) is 21.1 Å². The van der Waals surface area contributed by atoms with Crippen molar-refractivity contribution in [2.75, 3.05) is 13.7 Å². The largest absolute Gasteiger partial charge is 0.497 e. The van der Waals surface area contributed by atoms with Crippen molar-refractivity contribution in [1.82, 2.24) is 9.99 Å². The van der Waals surface area contributed by atoms with E-state index in [0.717, 1.165) is 22.6 Å². The van der Waals surface area contributed by atoms with E-state index in [-0.39, 0.29) is 16.8 Å². The molecule has 8 heteroatoms. The summed E-state index contributed by atoms with van der Waals surface area (Å²) >= 11 is 5.94. The van der Waals surface area contributed by atoms with Crippen molar-refractivity contribution in [2.24, 2.45) is 5.10 Å². The number of hydrazone groups is 1. The van der Waals surface area contributed by atoms with Crippen LogP contribution in [0.15, 0.2) is 78.0 Å². The van der Waals surface area contributed by atoms with E-state index >= 15 is 0 Å². The predicted octanol–water partition coefficient (Wildman–Crippen LogP) is 4.28. The van der Waals surface area contributed by atoms with E-state index in [9.17, 15) is 9.59 Å². The van der Waals surface area contributed by atoms with Crippen LogP contribution in [-0.4, -0.2) is 41.3 Å². The topological polar surface area (TPSA) is 81.1 Å². The number of halogens is 1. The van der Waals surface area contributed by atoms with Crippen molar-refractivity contribution in [3.8, 4) is 5.75 Å². The van der Waals surface area contributed by atoms with Gasteiger partial charge in [-0.2, -0.15) is 5.10 Å². The molecule has 0 spiro atoms. The first-order valence-corrected chi connectivity index (χ1v) is 10.3. The number of aromatic nitrogens is 1. The van der Waals surface area contributed by atoms with Crippen molar-refractivity contribution in [1.29, 1.82) is 0 Å². The number of hydrogen-bond donors (Lipinski definition) is 0. The molecule has 0 saturated heterocycles. The van der Waals surface area contributed by atoms with Crippen LogP contribution >= 0.6 is 11.6 Å². The minimum Gasteiger partial charge on any atom is -0.497 e. The Morgan fingerprint density at radius 1 is 1.06 bits per heavy atom. The van der Waals surface area contributed by atoms with Crippen LogP contribution in [0.25, 0.3) is 0 Å². The molecule has 1 atom stereocenters. The first-order chi connectivity index (χ1) is 15.6. The standard InChI is InChI=1S/C24H20ClN3O4/c1-31-18-11-9-17(10-12-18)21-14-20(16-6-3-2-4-7-16)27-28(21)22(29)15-32-24(30)19-8-5-13-26-23(19)25/h2-13,21H,14-15H2,1H3/t21-/m0/s1. The van der Waals surface area contributed by atoms with Gasteiger partial charge in [0.1, 0.15) is 10.9 Å². The van der Waals surface area contributed by atoms with E-state index < -0.39 is 18.5 Å². The Morgan fingerprint density at radius 3 is 2.50 bits per heavy atom. The Balaban J connectivity index is 1.55. The number of amides is 1. The molecule has 0 unspecified atom stereocenters.